The number of esters is 1. The first-order chi connectivity index (χ1) is 12.0. The van der Waals surface area contributed by atoms with E-state index in [1.165, 1.54) is 26.4 Å². The first-order valence-corrected chi connectivity index (χ1v) is 9.11. The van der Waals surface area contributed by atoms with Crippen molar-refractivity contribution in [3.8, 4) is 5.75 Å². The molecule has 4 aliphatic rings. The number of amides is 1. The van der Waals surface area contributed by atoms with Crippen LogP contribution in [-0.2, 0) is 9.53 Å². The van der Waals surface area contributed by atoms with Gasteiger partial charge in [-0.3, -0.25) is 4.79 Å². The van der Waals surface area contributed by atoms with Gasteiger partial charge in [-0.1, -0.05) is 0 Å². The van der Waals surface area contributed by atoms with Gasteiger partial charge in [0.05, 0.1) is 30.9 Å². The molecule has 1 aromatic rings. The lowest BCUT2D eigenvalue weighted by Crippen LogP contribution is -2.51. The normalized spacial score (nSPS) is 32.3. The van der Waals surface area contributed by atoms with E-state index < -0.39 is 5.97 Å². The lowest BCUT2D eigenvalue weighted by molar-refractivity contribution is -0.140. The zero-order chi connectivity index (χ0) is 17.6. The number of hydrogen-bond donors (Lipinski definition) is 1. The third-order valence-corrected chi connectivity index (χ3v) is 6.40. The van der Waals surface area contributed by atoms with E-state index in [0.29, 0.717) is 34.8 Å². The zero-order valence-corrected chi connectivity index (χ0v) is 14.8. The van der Waals surface area contributed by atoms with Crippen molar-refractivity contribution in [3.63, 3.8) is 0 Å². The lowest BCUT2D eigenvalue weighted by Gasteiger charge is -2.55. The molecule has 4 fully saturated rings. The fourth-order valence-electron chi connectivity index (χ4n) is 5.68. The number of methoxy groups -OCH3 is 2. The van der Waals surface area contributed by atoms with Crippen molar-refractivity contribution in [3.05, 3.63) is 23.8 Å². The number of carbonyl (C=O) groups is 2. The summed E-state index contributed by atoms with van der Waals surface area (Å²) in [4.78, 5) is 25.3. The van der Waals surface area contributed by atoms with Crippen molar-refractivity contribution in [2.75, 3.05) is 19.5 Å². The Hall–Kier alpha value is -2.04. The molecule has 5 heteroatoms. The van der Waals surface area contributed by atoms with Crippen molar-refractivity contribution < 1.29 is 19.1 Å². The monoisotopic (exact) mass is 343 g/mol. The minimum absolute atomic E-state index is 0.0712. The summed E-state index contributed by atoms with van der Waals surface area (Å²) < 4.78 is 10.1. The highest BCUT2D eigenvalue weighted by Crippen LogP contribution is 2.60. The van der Waals surface area contributed by atoms with Crippen molar-refractivity contribution in [2.24, 2.45) is 23.2 Å². The van der Waals surface area contributed by atoms with Crippen LogP contribution in [0.5, 0.6) is 5.75 Å². The fourth-order valence-corrected chi connectivity index (χ4v) is 5.68. The summed E-state index contributed by atoms with van der Waals surface area (Å²) in [5, 5.41) is 3.04. The maximum absolute atomic E-state index is 13.2. The Morgan fingerprint density at radius 3 is 2.16 bits per heavy atom. The van der Waals surface area contributed by atoms with E-state index in [1.54, 1.807) is 25.3 Å². The van der Waals surface area contributed by atoms with Crippen molar-refractivity contribution in [2.45, 2.75) is 38.5 Å². The molecule has 1 aromatic carbocycles. The average molecular weight is 343 g/mol. The molecule has 1 N–H and O–H groups in total. The molecule has 0 saturated heterocycles. The second-order valence-electron chi connectivity index (χ2n) is 8.06. The van der Waals surface area contributed by atoms with Crippen molar-refractivity contribution in [1.29, 1.82) is 0 Å². The number of nitrogens with one attached hydrogen (secondary N) is 1. The van der Waals surface area contributed by atoms with Gasteiger partial charge in [-0.25, -0.2) is 4.79 Å². The first kappa shape index (κ1) is 16.4. The summed E-state index contributed by atoms with van der Waals surface area (Å²) in [6.45, 7) is 0. The Balaban J connectivity index is 1.60. The topological polar surface area (TPSA) is 64.6 Å². The molecule has 0 spiro atoms. The third kappa shape index (κ3) is 2.79. The van der Waals surface area contributed by atoms with Crippen LogP contribution >= 0.6 is 0 Å². The SMILES string of the molecule is COC(=O)c1cc(OC)ccc1NC(=O)C12CC3CC(CC(C3)C1)C2. The summed E-state index contributed by atoms with van der Waals surface area (Å²) in [5.74, 6) is 2.27. The van der Waals surface area contributed by atoms with Gasteiger partial charge < -0.3 is 14.8 Å². The molecule has 4 saturated carbocycles. The molecule has 0 radical (unpaired) electrons. The number of hydrogen-bond acceptors (Lipinski definition) is 4. The minimum atomic E-state index is -0.472. The first-order valence-electron chi connectivity index (χ1n) is 9.11. The van der Waals surface area contributed by atoms with Gasteiger partial charge in [0.15, 0.2) is 0 Å². The molecule has 0 heterocycles. The minimum Gasteiger partial charge on any atom is -0.497 e. The van der Waals surface area contributed by atoms with Gasteiger partial charge in [0, 0.05) is 0 Å². The van der Waals surface area contributed by atoms with Gasteiger partial charge >= 0.3 is 5.97 Å². The number of ether oxygens (including phenoxy) is 2. The number of carbonyl (C=O) groups excluding carboxylic acids is 2. The summed E-state index contributed by atoms with van der Waals surface area (Å²) in [6.07, 6.45) is 6.87. The average Bonchev–Trinajstić information content (AvgIpc) is 2.60. The van der Waals surface area contributed by atoms with Crippen molar-refractivity contribution in [1.82, 2.24) is 0 Å². The van der Waals surface area contributed by atoms with Gasteiger partial charge in [-0.05, 0) is 74.5 Å². The Kier molecular flexibility index (Phi) is 3.97. The van der Waals surface area contributed by atoms with E-state index in [2.05, 4.69) is 5.32 Å². The standard InChI is InChI=1S/C20H25NO4/c1-24-15-3-4-17(16(8-15)18(22)25-2)21-19(23)20-9-12-5-13(10-20)7-14(6-12)11-20/h3-4,8,12-14H,5-7,9-11H2,1-2H3,(H,21,23). The van der Waals surface area contributed by atoms with Crippen LogP contribution in [0.4, 0.5) is 5.69 Å². The maximum Gasteiger partial charge on any atom is 0.340 e. The number of anilines is 1. The number of benzene rings is 1. The van der Waals surface area contributed by atoms with Gasteiger partial charge in [0.1, 0.15) is 5.75 Å². The summed E-state index contributed by atoms with van der Waals surface area (Å²) >= 11 is 0. The Labute approximate surface area is 148 Å². The molecule has 0 aliphatic heterocycles. The Morgan fingerprint density at radius 2 is 1.64 bits per heavy atom. The van der Waals surface area contributed by atoms with E-state index in [4.69, 9.17) is 9.47 Å². The van der Waals surface area contributed by atoms with E-state index in [9.17, 15) is 9.59 Å². The van der Waals surface area contributed by atoms with Crippen LogP contribution < -0.4 is 10.1 Å². The Morgan fingerprint density at radius 1 is 1.04 bits per heavy atom. The highest BCUT2D eigenvalue weighted by atomic mass is 16.5. The largest absolute Gasteiger partial charge is 0.497 e. The predicted molar refractivity (Wildman–Crippen MR) is 93.6 cm³/mol. The van der Waals surface area contributed by atoms with Crippen LogP contribution in [0.2, 0.25) is 0 Å². The zero-order valence-electron chi connectivity index (χ0n) is 14.8. The Bertz CT molecular complexity index is 676. The van der Waals surface area contributed by atoms with Crippen LogP contribution in [0, 0.1) is 23.2 Å². The fraction of sp³-hybridized carbons (Fsp3) is 0.600. The quantitative estimate of drug-likeness (QED) is 0.848. The molecule has 4 aliphatic carbocycles. The van der Waals surface area contributed by atoms with Gasteiger partial charge in [0.2, 0.25) is 5.91 Å². The van der Waals surface area contributed by atoms with E-state index in [0.717, 1.165) is 19.3 Å². The molecule has 0 atom stereocenters. The second kappa shape index (κ2) is 6.04. The highest BCUT2D eigenvalue weighted by molar-refractivity contribution is 6.03. The molecule has 134 valence electrons. The van der Waals surface area contributed by atoms with Crippen LogP contribution in [0.15, 0.2) is 18.2 Å². The summed E-state index contributed by atoms with van der Waals surface area (Å²) in [5.41, 5.74) is 0.593. The molecule has 5 nitrogen and oxygen atoms in total. The molecular formula is C20H25NO4. The molecule has 4 bridgehead atoms. The molecule has 5 rings (SSSR count). The molecule has 0 unspecified atom stereocenters. The van der Waals surface area contributed by atoms with Gasteiger partial charge in [-0.15, -0.1) is 0 Å². The van der Waals surface area contributed by atoms with Crippen molar-refractivity contribution >= 4 is 17.6 Å². The van der Waals surface area contributed by atoms with Crippen LogP contribution in [0.3, 0.4) is 0 Å². The van der Waals surface area contributed by atoms with Crippen LogP contribution in [0.25, 0.3) is 0 Å². The summed E-state index contributed by atoms with van der Waals surface area (Å²) in [7, 11) is 2.89. The van der Waals surface area contributed by atoms with Gasteiger partial charge in [0.25, 0.3) is 0 Å². The van der Waals surface area contributed by atoms with Gasteiger partial charge in [-0.2, -0.15) is 0 Å². The second-order valence-corrected chi connectivity index (χ2v) is 8.06. The molecule has 25 heavy (non-hydrogen) atoms. The summed E-state index contributed by atoms with van der Waals surface area (Å²) in [6, 6.07) is 5.09. The van der Waals surface area contributed by atoms with E-state index >= 15 is 0 Å². The van der Waals surface area contributed by atoms with E-state index in [-0.39, 0.29) is 11.3 Å². The third-order valence-electron chi connectivity index (χ3n) is 6.40. The molecule has 1 amide bonds. The van der Waals surface area contributed by atoms with E-state index in [1.807, 2.05) is 0 Å². The van der Waals surface area contributed by atoms with Crippen LogP contribution in [0.1, 0.15) is 48.9 Å². The van der Waals surface area contributed by atoms with Crippen LogP contribution in [-0.4, -0.2) is 26.1 Å². The smallest absolute Gasteiger partial charge is 0.340 e. The lowest BCUT2D eigenvalue weighted by atomic mass is 9.49. The highest BCUT2D eigenvalue weighted by Gasteiger charge is 2.54. The predicted octanol–water partition coefficient (Wildman–Crippen LogP) is 3.64. The molecular weight excluding hydrogens is 318 g/mol. The number of rotatable bonds is 4. The maximum atomic E-state index is 13.2. The molecule has 0 aromatic heterocycles.